The molecule has 5 nitrogen and oxygen atoms in total. The summed E-state index contributed by atoms with van der Waals surface area (Å²) in [5.41, 5.74) is 5.57. The summed E-state index contributed by atoms with van der Waals surface area (Å²) in [6, 6.07) is 6.93. The van der Waals surface area contributed by atoms with Crippen LogP contribution in [0.5, 0.6) is 11.6 Å². The topological polar surface area (TPSA) is 73.1 Å². The number of nitrogens with zero attached hydrogens (tertiary/aromatic N) is 2. The number of hydrogen-bond acceptors (Lipinski definition) is 5. The van der Waals surface area contributed by atoms with Gasteiger partial charge in [0.15, 0.2) is 0 Å². The lowest BCUT2D eigenvalue weighted by Gasteiger charge is -2.08. The SMILES string of the molecule is CNc1cc(Oc2cc(Br)ccc2Cl)nc(N)n1. The van der Waals surface area contributed by atoms with Gasteiger partial charge in [0.1, 0.15) is 11.6 Å². The van der Waals surface area contributed by atoms with Crippen molar-refractivity contribution in [1.29, 1.82) is 0 Å². The van der Waals surface area contributed by atoms with Gasteiger partial charge in [0, 0.05) is 17.6 Å². The Morgan fingerprint density at radius 1 is 1.33 bits per heavy atom. The Kier molecular flexibility index (Phi) is 3.88. The zero-order chi connectivity index (χ0) is 13.1. The highest BCUT2D eigenvalue weighted by atomic mass is 79.9. The first-order valence-electron chi connectivity index (χ1n) is 5.03. The summed E-state index contributed by atoms with van der Waals surface area (Å²) in [4.78, 5) is 7.95. The fourth-order valence-corrected chi connectivity index (χ4v) is 1.79. The van der Waals surface area contributed by atoms with Crippen molar-refractivity contribution in [3.8, 4) is 11.6 Å². The van der Waals surface area contributed by atoms with Crippen LogP contribution in [-0.2, 0) is 0 Å². The summed E-state index contributed by atoms with van der Waals surface area (Å²) < 4.78 is 6.44. The Hall–Kier alpha value is -1.53. The maximum Gasteiger partial charge on any atom is 0.226 e. The van der Waals surface area contributed by atoms with Crippen molar-refractivity contribution in [2.75, 3.05) is 18.1 Å². The fourth-order valence-electron chi connectivity index (χ4n) is 1.29. The second-order valence-corrected chi connectivity index (χ2v) is 4.70. The number of rotatable bonds is 3. The quantitative estimate of drug-likeness (QED) is 0.904. The predicted molar refractivity (Wildman–Crippen MR) is 75.2 cm³/mol. The van der Waals surface area contributed by atoms with Crippen molar-refractivity contribution in [3.05, 3.63) is 33.8 Å². The molecule has 1 aromatic carbocycles. The Bertz CT molecular complexity index is 579. The van der Waals surface area contributed by atoms with Gasteiger partial charge in [0.2, 0.25) is 11.8 Å². The van der Waals surface area contributed by atoms with Gasteiger partial charge < -0.3 is 15.8 Å². The molecule has 0 amide bonds. The van der Waals surface area contributed by atoms with Crippen LogP contribution < -0.4 is 15.8 Å². The third-order valence-corrected chi connectivity index (χ3v) is 2.89. The van der Waals surface area contributed by atoms with Crippen LogP contribution in [0, 0.1) is 0 Å². The molecule has 0 saturated carbocycles. The highest BCUT2D eigenvalue weighted by Crippen LogP contribution is 2.31. The van der Waals surface area contributed by atoms with E-state index < -0.39 is 0 Å². The minimum Gasteiger partial charge on any atom is -0.437 e. The van der Waals surface area contributed by atoms with Gasteiger partial charge in [-0.1, -0.05) is 27.5 Å². The van der Waals surface area contributed by atoms with Crippen LogP contribution in [0.4, 0.5) is 11.8 Å². The first-order valence-corrected chi connectivity index (χ1v) is 6.21. The minimum atomic E-state index is 0.128. The number of nitrogens with one attached hydrogen (secondary N) is 1. The maximum absolute atomic E-state index is 6.02. The number of halogens is 2. The molecule has 2 rings (SSSR count). The van der Waals surface area contributed by atoms with Gasteiger partial charge in [0.05, 0.1) is 5.02 Å². The molecule has 0 atom stereocenters. The minimum absolute atomic E-state index is 0.128. The number of ether oxygens (including phenoxy) is 1. The van der Waals surface area contributed by atoms with Gasteiger partial charge in [-0.25, -0.2) is 0 Å². The summed E-state index contributed by atoms with van der Waals surface area (Å²) in [5, 5.41) is 3.35. The molecule has 1 heterocycles. The number of nitrogens with two attached hydrogens (primary N) is 1. The smallest absolute Gasteiger partial charge is 0.226 e. The molecule has 0 unspecified atom stereocenters. The molecule has 0 aliphatic carbocycles. The Morgan fingerprint density at radius 3 is 2.83 bits per heavy atom. The molecule has 0 saturated heterocycles. The standard InChI is InChI=1S/C11H10BrClN4O/c1-15-9-5-10(17-11(14)16-9)18-8-4-6(12)2-3-7(8)13/h2-5H,1H3,(H3,14,15,16,17). The summed E-state index contributed by atoms with van der Waals surface area (Å²) in [6.07, 6.45) is 0. The normalized spacial score (nSPS) is 10.2. The molecule has 1 aromatic heterocycles. The van der Waals surface area contributed by atoms with Gasteiger partial charge in [-0.3, -0.25) is 0 Å². The number of benzene rings is 1. The molecule has 0 bridgehead atoms. The highest BCUT2D eigenvalue weighted by molar-refractivity contribution is 9.10. The molecule has 0 spiro atoms. The summed E-state index contributed by atoms with van der Waals surface area (Å²) in [5.74, 6) is 1.52. The van der Waals surface area contributed by atoms with Crippen LogP contribution in [0.2, 0.25) is 5.02 Å². The van der Waals surface area contributed by atoms with Crippen LogP contribution in [0.15, 0.2) is 28.7 Å². The van der Waals surface area contributed by atoms with Crippen molar-refractivity contribution in [1.82, 2.24) is 9.97 Å². The summed E-state index contributed by atoms with van der Waals surface area (Å²) >= 11 is 9.37. The maximum atomic E-state index is 6.02. The molecule has 3 N–H and O–H groups in total. The predicted octanol–water partition coefficient (Wildman–Crippen LogP) is 3.31. The first kappa shape index (κ1) is 12.9. The van der Waals surface area contributed by atoms with Crippen LogP contribution >= 0.6 is 27.5 Å². The van der Waals surface area contributed by atoms with Crippen molar-refractivity contribution >= 4 is 39.3 Å². The molecule has 0 radical (unpaired) electrons. The van der Waals surface area contributed by atoms with E-state index in [1.54, 1.807) is 25.2 Å². The fraction of sp³-hybridized carbons (Fsp3) is 0.0909. The van der Waals surface area contributed by atoms with Crippen LogP contribution in [0.25, 0.3) is 0 Å². The molecule has 94 valence electrons. The van der Waals surface area contributed by atoms with Crippen molar-refractivity contribution in [2.45, 2.75) is 0 Å². The Balaban J connectivity index is 2.33. The molecule has 2 aromatic rings. The molecule has 18 heavy (non-hydrogen) atoms. The van der Waals surface area contributed by atoms with Crippen LogP contribution in [0.3, 0.4) is 0 Å². The van der Waals surface area contributed by atoms with Gasteiger partial charge in [0.25, 0.3) is 0 Å². The lowest BCUT2D eigenvalue weighted by atomic mass is 10.3. The number of anilines is 2. The number of nitrogen functional groups attached to an aromatic ring is 1. The monoisotopic (exact) mass is 328 g/mol. The van der Waals surface area contributed by atoms with E-state index >= 15 is 0 Å². The first-order chi connectivity index (χ1) is 8.58. The largest absolute Gasteiger partial charge is 0.437 e. The van der Waals surface area contributed by atoms with E-state index in [-0.39, 0.29) is 5.95 Å². The van der Waals surface area contributed by atoms with E-state index in [0.717, 1.165) is 4.47 Å². The van der Waals surface area contributed by atoms with E-state index in [9.17, 15) is 0 Å². The molecular formula is C11H10BrClN4O. The Morgan fingerprint density at radius 2 is 2.11 bits per heavy atom. The second-order valence-electron chi connectivity index (χ2n) is 3.38. The van der Waals surface area contributed by atoms with Crippen LogP contribution in [-0.4, -0.2) is 17.0 Å². The third-order valence-electron chi connectivity index (χ3n) is 2.08. The Labute approximate surface area is 117 Å². The average Bonchev–Trinajstić information content (AvgIpc) is 2.33. The van der Waals surface area contributed by atoms with E-state index in [4.69, 9.17) is 22.1 Å². The molecular weight excluding hydrogens is 320 g/mol. The molecule has 0 aliphatic rings. The van der Waals surface area contributed by atoms with E-state index in [0.29, 0.717) is 22.5 Å². The zero-order valence-electron chi connectivity index (χ0n) is 9.45. The van der Waals surface area contributed by atoms with Gasteiger partial charge in [-0.15, -0.1) is 0 Å². The second kappa shape index (κ2) is 5.41. The lowest BCUT2D eigenvalue weighted by Crippen LogP contribution is -2.01. The van der Waals surface area contributed by atoms with E-state index in [1.807, 2.05) is 6.07 Å². The van der Waals surface area contributed by atoms with Crippen LogP contribution in [0.1, 0.15) is 0 Å². The van der Waals surface area contributed by atoms with Crippen molar-refractivity contribution in [2.24, 2.45) is 0 Å². The van der Waals surface area contributed by atoms with Crippen molar-refractivity contribution in [3.63, 3.8) is 0 Å². The number of aromatic nitrogens is 2. The number of hydrogen-bond donors (Lipinski definition) is 2. The highest BCUT2D eigenvalue weighted by Gasteiger charge is 2.07. The average molecular weight is 330 g/mol. The molecule has 0 fully saturated rings. The summed E-state index contributed by atoms with van der Waals surface area (Å²) in [7, 11) is 1.73. The molecule has 7 heteroatoms. The van der Waals surface area contributed by atoms with E-state index in [2.05, 4.69) is 31.2 Å². The van der Waals surface area contributed by atoms with Gasteiger partial charge in [-0.2, -0.15) is 9.97 Å². The third kappa shape index (κ3) is 3.02. The zero-order valence-corrected chi connectivity index (χ0v) is 11.8. The van der Waals surface area contributed by atoms with E-state index in [1.165, 1.54) is 0 Å². The molecule has 0 aliphatic heterocycles. The van der Waals surface area contributed by atoms with Gasteiger partial charge >= 0.3 is 0 Å². The summed E-state index contributed by atoms with van der Waals surface area (Å²) in [6.45, 7) is 0. The lowest BCUT2D eigenvalue weighted by molar-refractivity contribution is 0.463. The van der Waals surface area contributed by atoms with Gasteiger partial charge in [-0.05, 0) is 18.2 Å². The van der Waals surface area contributed by atoms with Crippen molar-refractivity contribution < 1.29 is 4.74 Å².